The van der Waals surface area contributed by atoms with Crippen LogP contribution in [-0.4, -0.2) is 62.2 Å². The highest BCUT2D eigenvalue weighted by atomic mass is 15.1. The fourth-order valence-electron chi connectivity index (χ4n) is 2.69. The molecule has 0 spiro atoms. The lowest BCUT2D eigenvalue weighted by Crippen LogP contribution is -2.39. The SMILES string of the molecule is CCC(C)N(C)CCNCCC1CCCCN1C. The molecule has 0 bridgehead atoms. The van der Waals surface area contributed by atoms with Crippen LogP contribution < -0.4 is 5.32 Å². The largest absolute Gasteiger partial charge is 0.315 e. The summed E-state index contributed by atoms with van der Waals surface area (Å²) in [7, 11) is 4.51. The minimum absolute atomic E-state index is 0.705. The van der Waals surface area contributed by atoms with Gasteiger partial charge < -0.3 is 15.1 Å². The molecule has 0 saturated carbocycles. The van der Waals surface area contributed by atoms with Gasteiger partial charge in [0.1, 0.15) is 0 Å². The molecule has 0 aliphatic carbocycles. The molecule has 0 aromatic carbocycles. The van der Waals surface area contributed by atoms with Gasteiger partial charge >= 0.3 is 0 Å². The molecule has 1 heterocycles. The number of piperidine rings is 1. The molecule has 1 aliphatic rings. The molecule has 2 atom stereocenters. The van der Waals surface area contributed by atoms with Crippen LogP contribution in [-0.2, 0) is 0 Å². The second-order valence-corrected chi connectivity index (χ2v) is 5.91. The van der Waals surface area contributed by atoms with E-state index in [-0.39, 0.29) is 0 Å². The van der Waals surface area contributed by atoms with E-state index in [1.54, 1.807) is 0 Å². The molecule has 0 amide bonds. The summed E-state index contributed by atoms with van der Waals surface area (Å²) in [5.74, 6) is 0. The minimum atomic E-state index is 0.705. The van der Waals surface area contributed by atoms with Crippen molar-refractivity contribution in [3.05, 3.63) is 0 Å². The van der Waals surface area contributed by atoms with Gasteiger partial charge in [-0.15, -0.1) is 0 Å². The highest BCUT2D eigenvalue weighted by Gasteiger charge is 2.17. The van der Waals surface area contributed by atoms with E-state index in [1.807, 2.05) is 0 Å². The summed E-state index contributed by atoms with van der Waals surface area (Å²) < 4.78 is 0. The average molecular weight is 255 g/mol. The molecule has 2 unspecified atom stereocenters. The first kappa shape index (κ1) is 15.9. The summed E-state index contributed by atoms with van der Waals surface area (Å²) in [5, 5.41) is 3.59. The van der Waals surface area contributed by atoms with Crippen molar-refractivity contribution in [1.29, 1.82) is 0 Å². The molecular weight excluding hydrogens is 222 g/mol. The molecule has 18 heavy (non-hydrogen) atoms. The van der Waals surface area contributed by atoms with Crippen molar-refractivity contribution in [2.75, 3.05) is 40.3 Å². The number of hydrogen-bond donors (Lipinski definition) is 1. The lowest BCUT2D eigenvalue weighted by atomic mass is 10.0. The molecule has 3 heteroatoms. The van der Waals surface area contributed by atoms with Gasteiger partial charge in [0.05, 0.1) is 0 Å². The third-order valence-corrected chi connectivity index (χ3v) is 4.56. The van der Waals surface area contributed by atoms with E-state index in [2.05, 4.69) is 43.1 Å². The molecule has 1 rings (SSSR count). The predicted octanol–water partition coefficient (Wildman–Crippen LogP) is 2.18. The number of hydrogen-bond acceptors (Lipinski definition) is 3. The fourth-order valence-corrected chi connectivity index (χ4v) is 2.69. The van der Waals surface area contributed by atoms with Gasteiger partial charge in [-0.2, -0.15) is 0 Å². The molecule has 3 nitrogen and oxygen atoms in total. The lowest BCUT2D eigenvalue weighted by molar-refractivity contribution is 0.174. The van der Waals surface area contributed by atoms with Crippen LogP contribution in [0.3, 0.4) is 0 Å². The van der Waals surface area contributed by atoms with Gasteiger partial charge in [-0.3, -0.25) is 0 Å². The highest BCUT2D eigenvalue weighted by Crippen LogP contribution is 2.16. The number of nitrogens with one attached hydrogen (secondary N) is 1. The molecular formula is C15H33N3. The second-order valence-electron chi connectivity index (χ2n) is 5.91. The van der Waals surface area contributed by atoms with E-state index in [9.17, 15) is 0 Å². The summed E-state index contributed by atoms with van der Waals surface area (Å²) in [6.45, 7) is 9.31. The molecule has 0 aromatic rings. The van der Waals surface area contributed by atoms with Crippen molar-refractivity contribution < 1.29 is 0 Å². The Balaban J connectivity index is 2.01. The van der Waals surface area contributed by atoms with Gasteiger partial charge in [0, 0.05) is 25.2 Å². The van der Waals surface area contributed by atoms with Crippen LogP contribution in [0.15, 0.2) is 0 Å². The molecule has 0 aromatic heterocycles. The number of likely N-dealkylation sites (N-methyl/N-ethyl adjacent to an activating group) is 1. The standard InChI is InChI=1S/C15H33N3/c1-5-14(2)17(3)13-11-16-10-9-15-8-6-7-12-18(15)4/h14-16H,5-13H2,1-4H3. The minimum Gasteiger partial charge on any atom is -0.315 e. The van der Waals surface area contributed by atoms with Crippen LogP contribution in [0.2, 0.25) is 0 Å². The van der Waals surface area contributed by atoms with E-state index in [1.165, 1.54) is 45.2 Å². The van der Waals surface area contributed by atoms with Crippen LogP contribution in [0.5, 0.6) is 0 Å². The number of rotatable bonds is 8. The van der Waals surface area contributed by atoms with E-state index in [4.69, 9.17) is 0 Å². The molecule has 108 valence electrons. The van der Waals surface area contributed by atoms with Gasteiger partial charge in [-0.25, -0.2) is 0 Å². The topological polar surface area (TPSA) is 18.5 Å². The van der Waals surface area contributed by atoms with Crippen LogP contribution >= 0.6 is 0 Å². The first-order chi connectivity index (χ1) is 8.65. The van der Waals surface area contributed by atoms with Gasteiger partial charge in [0.25, 0.3) is 0 Å². The van der Waals surface area contributed by atoms with Crippen molar-refractivity contribution in [3.8, 4) is 0 Å². The molecule has 1 saturated heterocycles. The van der Waals surface area contributed by atoms with E-state index < -0.39 is 0 Å². The van der Waals surface area contributed by atoms with Crippen LogP contribution in [0.4, 0.5) is 0 Å². The molecule has 1 fully saturated rings. The quantitative estimate of drug-likeness (QED) is 0.671. The zero-order valence-electron chi connectivity index (χ0n) is 12.9. The number of nitrogens with zero attached hydrogens (tertiary/aromatic N) is 2. The van der Waals surface area contributed by atoms with Crippen molar-refractivity contribution >= 4 is 0 Å². The zero-order valence-corrected chi connectivity index (χ0v) is 12.9. The Bertz CT molecular complexity index is 208. The Hall–Kier alpha value is -0.120. The maximum absolute atomic E-state index is 3.59. The zero-order chi connectivity index (χ0) is 13.4. The summed E-state index contributed by atoms with van der Waals surface area (Å²) in [6.07, 6.45) is 6.75. The first-order valence-electron chi connectivity index (χ1n) is 7.76. The van der Waals surface area contributed by atoms with Gasteiger partial charge in [0.2, 0.25) is 0 Å². The van der Waals surface area contributed by atoms with Crippen LogP contribution in [0.1, 0.15) is 46.0 Å². The third-order valence-electron chi connectivity index (χ3n) is 4.56. The third kappa shape index (κ3) is 5.68. The second kappa shape index (κ2) is 8.89. The molecule has 1 aliphatic heterocycles. The van der Waals surface area contributed by atoms with Crippen LogP contribution in [0.25, 0.3) is 0 Å². The predicted molar refractivity (Wildman–Crippen MR) is 80.1 cm³/mol. The average Bonchev–Trinajstić information content (AvgIpc) is 2.39. The van der Waals surface area contributed by atoms with Gasteiger partial charge in [0.15, 0.2) is 0 Å². The van der Waals surface area contributed by atoms with Crippen molar-refractivity contribution in [3.63, 3.8) is 0 Å². The maximum atomic E-state index is 3.59. The summed E-state index contributed by atoms with van der Waals surface area (Å²) in [6, 6.07) is 1.52. The van der Waals surface area contributed by atoms with Gasteiger partial charge in [-0.05, 0) is 59.8 Å². The van der Waals surface area contributed by atoms with Crippen molar-refractivity contribution in [2.45, 2.75) is 58.0 Å². The Morgan fingerprint density at radius 2 is 2.11 bits per heavy atom. The normalized spacial score (nSPS) is 23.5. The van der Waals surface area contributed by atoms with E-state index in [0.717, 1.165) is 19.1 Å². The summed E-state index contributed by atoms with van der Waals surface area (Å²) in [4.78, 5) is 4.98. The van der Waals surface area contributed by atoms with E-state index >= 15 is 0 Å². The smallest absolute Gasteiger partial charge is 0.0107 e. The van der Waals surface area contributed by atoms with Gasteiger partial charge in [-0.1, -0.05) is 13.3 Å². The first-order valence-corrected chi connectivity index (χ1v) is 7.76. The molecule has 1 N–H and O–H groups in total. The number of likely N-dealkylation sites (tertiary alicyclic amines) is 1. The Morgan fingerprint density at radius 1 is 1.33 bits per heavy atom. The van der Waals surface area contributed by atoms with Crippen LogP contribution in [0, 0.1) is 0 Å². The lowest BCUT2D eigenvalue weighted by Gasteiger charge is -2.32. The van der Waals surface area contributed by atoms with E-state index in [0.29, 0.717) is 6.04 Å². The maximum Gasteiger partial charge on any atom is 0.0107 e. The Labute approximate surface area is 114 Å². The molecule has 0 radical (unpaired) electrons. The Kier molecular flexibility index (Phi) is 7.87. The highest BCUT2D eigenvalue weighted by molar-refractivity contribution is 4.75. The monoisotopic (exact) mass is 255 g/mol. The summed E-state index contributed by atoms with van der Waals surface area (Å²) in [5.41, 5.74) is 0. The van der Waals surface area contributed by atoms with Crippen molar-refractivity contribution in [1.82, 2.24) is 15.1 Å². The van der Waals surface area contributed by atoms with Crippen molar-refractivity contribution in [2.24, 2.45) is 0 Å². The summed E-state index contributed by atoms with van der Waals surface area (Å²) >= 11 is 0. The fraction of sp³-hybridized carbons (Fsp3) is 1.00. The Morgan fingerprint density at radius 3 is 2.78 bits per heavy atom.